The second-order valence-electron chi connectivity index (χ2n) is 10.0. The van der Waals surface area contributed by atoms with E-state index >= 15 is 0 Å². The Labute approximate surface area is 213 Å². The third-order valence-electron chi connectivity index (χ3n) is 7.03. The maximum absolute atomic E-state index is 14.7. The zero-order valence-electron chi connectivity index (χ0n) is 20.9. The zero-order chi connectivity index (χ0) is 25.5. The van der Waals surface area contributed by atoms with Crippen molar-refractivity contribution < 1.29 is 4.39 Å². The Hall–Kier alpha value is -3.73. The van der Waals surface area contributed by atoms with Gasteiger partial charge in [0.25, 0.3) is 0 Å². The average Bonchev–Trinajstić information content (AvgIpc) is 3.52. The van der Waals surface area contributed by atoms with Crippen LogP contribution in [-0.2, 0) is 0 Å². The van der Waals surface area contributed by atoms with Crippen LogP contribution in [0.15, 0.2) is 42.7 Å². The van der Waals surface area contributed by atoms with Gasteiger partial charge >= 0.3 is 0 Å². The molecule has 0 aliphatic carbocycles. The summed E-state index contributed by atoms with van der Waals surface area (Å²) in [4.78, 5) is 19.6. The number of fused-ring (bicyclic) bond motifs is 2. The lowest BCUT2D eigenvalue weighted by molar-refractivity contribution is 0.376. The molecule has 1 aliphatic rings. The number of pyridine rings is 2. The van der Waals surface area contributed by atoms with Gasteiger partial charge in [-0.15, -0.1) is 0 Å². The van der Waals surface area contributed by atoms with E-state index in [1.807, 2.05) is 31.1 Å². The summed E-state index contributed by atoms with van der Waals surface area (Å²) in [5, 5.41) is 11.0. The van der Waals surface area contributed by atoms with Gasteiger partial charge in [-0.3, -0.25) is 10.1 Å². The molecule has 6 rings (SSSR count). The highest BCUT2D eigenvalue weighted by Crippen LogP contribution is 2.33. The van der Waals surface area contributed by atoms with E-state index in [9.17, 15) is 4.39 Å². The number of hydrogen-bond donors (Lipinski definition) is 4. The molecule has 10 heteroatoms. The van der Waals surface area contributed by atoms with Crippen LogP contribution in [-0.4, -0.2) is 68.8 Å². The molecular formula is C27H30FN9. The van der Waals surface area contributed by atoms with E-state index in [2.05, 4.69) is 31.5 Å². The van der Waals surface area contributed by atoms with E-state index in [1.54, 1.807) is 12.4 Å². The molecule has 1 aromatic carbocycles. The highest BCUT2D eigenvalue weighted by atomic mass is 19.1. The molecule has 5 heterocycles. The quantitative estimate of drug-likeness (QED) is 0.281. The number of hydrogen-bond acceptors (Lipinski definition) is 7. The lowest BCUT2D eigenvalue weighted by Gasteiger charge is -2.22. The van der Waals surface area contributed by atoms with Crippen molar-refractivity contribution in [1.82, 2.24) is 40.3 Å². The normalized spacial score (nSPS) is 15.7. The van der Waals surface area contributed by atoms with Gasteiger partial charge in [-0.25, -0.2) is 14.4 Å². The minimum atomic E-state index is -0.345. The van der Waals surface area contributed by atoms with E-state index in [1.165, 1.54) is 12.1 Å². The molecular weight excluding hydrogens is 469 g/mol. The summed E-state index contributed by atoms with van der Waals surface area (Å²) in [5.41, 5.74) is 13.3. The van der Waals surface area contributed by atoms with Gasteiger partial charge in [-0.1, -0.05) is 0 Å². The Morgan fingerprint density at radius 3 is 2.70 bits per heavy atom. The van der Waals surface area contributed by atoms with Crippen LogP contribution in [0.2, 0.25) is 0 Å². The van der Waals surface area contributed by atoms with Gasteiger partial charge < -0.3 is 20.9 Å². The summed E-state index contributed by atoms with van der Waals surface area (Å²) < 4.78 is 14.7. The van der Waals surface area contributed by atoms with Gasteiger partial charge in [0.15, 0.2) is 11.5 Å². The molecule has 0 saturated carbocycles. The molecule has 1 aliphatic heterocycles. The molecule has 0 spiro atoms. The first-order valence-electron chi connectivity index (χ1n) is 12.6. The number of benzene rings is 1. The number of rotatable bonds is 6. The van der Waals surface area contributed by atoms with Crippen molar-refractivity contribution in [1.29, 1.82) is 0 Å². The summed E-state index contributed by atoms with van der Waals surface area (Å²) in [6.07, 6.45) is 5.56. The minimum absolute atomic E-state index is 0.318. The first-order chi connectivity index (χ1) is 18.0. The van der Waals surface area contributed by atoms with Gasteiger partial charge in [0.05, 0.1) is 22.7 Å². The van der Waals surface area contributed by atoms with Gasteiger partial charge in [0.2, 0.25) is 0 Å². The van der Waals surface area contributed by atoms with E-state index in [0.717, 1.165) is 59.3 Å². The number of piperidine rings is 1. The van der Waals surface area contributed by atoms with Crippen LogP contribution in [0.25, 0.3) is 44.7 Å². The predicted octanol–water partition coefficient (Wildman–Crippen LogP) is 3.73. The molecule has 1 fully saturated rings. The zero-order valence-corrected chi connectivity index (χ0v) is 20.9. The number of nitrogens with zero attached hydrogens (tertiary/aromatic N) is 5. The molecule has 4 aromatic heterocycles. The molecule has 190 valence electrons. The number of imidazole rings is 1. The van der Waals surface area contributed by atoms with E-state index < -0.39 is 0 Å². The summed E-state index contributed by atoms with van der Waals surface area (Å²) in [7, 11) is 3.89. The summed E-state index contributed by atoms with van der Waals surface area (Å²) >= 11 is 0. The molecule has 5 N–H and O–H groups in total. The van der Waals surface area contributed by atoms with Crippen molar-refractivity contribution in [3.63, 3.8) is 0 Å². The van der Waals surface area contributed by atoms with Crippen LogP contribution < -0.4 is 11.1 Å². The lowest BCUT2D eigenvalue weighted by atomic mass is 9.94. The maximum atomic E-state index is 14.7. The average molecular weight is 500 g/mol. The van der Waals surface area contributed by atoms with E-state index in [-0.39, 0.29) is 11.9 Å². The lowest BCUT2D eigenvalue weighted by Crippen LogP contribution is -2.27. The number of nitrogens with two attached hydrogens (primary N) is 1. The Morgan fingerprint density at radius 1 is 1.05 bits per heavy atom. The second-order valence-corrected chi connectivity index (χ2v) is 10.0. The SMILES string of the molecule is CN(C)CC(N)c1cc(F)cc(-c2cncc3[nH]c(-c4n[nH]c5ccc(C6CCNCC6)nc45)nc23)c1. The van der Waals surface area contributed by atoms with Crippen LogP contribution in [0.5, 0.6) is 0 Å². The monoisotopic (exact) mass is 499 g/mol. The fourth-order valence-electron chi connectivity index (χ4n) is 5.16. The number of aromatic amines is 2. The maximum Gasteiger partial charge on any atom is 0.161 e. The van der Waals surface area contributed by atoms with Gasteiger partial charge in [-0.05, 0) is 81.5 Å². The third kappa shape index (κ3) is 4.59. The summed E-state index contributed by atoms with van der Waals surface area (Å²) in [6.45, 7) is 2.62. The van der Waals surface area contributed by atoms with Crippen molar-refractivity contribution in [3.05, 3.63) is 59.8 Å². The molecule has 1 saturated heterocycles. The van der Waals surface area contributed by atoms with Crippen molar-refractivity contribution >= 4 is 22.1 Å². The minimum Gasteiger partial charge on any atom is -0.335 e. The third-order valence-corrected chi connectivity index (χ3v) is 7.03. The predicted molar refractivity (Wildman–Crippen MR) is 142 cm³/mol. The number of nitrogens with one attached hydrogen (secondary N) is 3. The molecule has 5 aromatic rings. The van der Waals surface area contributed by atoms with Crippen molar-refractivity contribution in [2.24, 2.45) is 5.73 Å². The first-order valence-corrected chi connectivity index (χ1v) is 12.6. The van der Waals surface area contributed by atoms with Gasteiger partial charge in [-0.2, -0.15) is 5.10 Å². The fraction of sp³-hybridized carbons (Fsp3) is 0.333. The summed E-state index contributed by atoms with van der Waals surface area (Å²) in [6, 6.07) is 8.71. The second kappa shape index (κ2) is 9.62. The Balaban J connectivity index is 1.41. The largest absolute Gasteiger partial charge is 0.335 e. The van der Waals surface area contributed by atoms with Crippen LogP contribution in [0.3, 0.4) is 0 Å². The van der Waals surface area contributed by atoms with Crippen LogP contribution >= 0.6 is 0 Å². The highest BCUT2D eigenvalue weighted by molar-refractivity contribution is 5.95. The van der Waals surface area contributed by atoms with E-state index in [4.69, 9.17) is 15.7 Å². The molecule has 0 radical (unpaired) electrons. The highest BCUT2D eigenvalue weighted by Gasteiger charge is 2.21. The van der Waals surface area contributed by atoms with Crippen molar-refractivity contribution in [3.8, 4) is 22.6 Å². The molecule has 0 bridgehead atoms. The Kier molecular flexibility index (Phi) is 6.15. The van der Waals surface area contributed by atoms with Crippen molar-refractivity contribution in [2.75, 3.05) is 33.7 Å². The van der Waals surface area contributed by atoms with Crippen LogP contribution in [0.4, 0.5) is 4.39 Å². The number of halogens is 1. The molecule has 0 amide bonds. The van der Waals surface area contributed by atoms with Crippen molar-refractivity contribution in [2.45, 2.75) is 24.8 Å². The summed E-state index contributed by atoms with van der Waals surface area (Å²) in [5.74, 6) is 0.676. The molecule has 37 heavy (non-hydrogen) atoms. The molecule has 1 atom stereocenters. The Bertz CT molecular complexity index is 1570. The first kappa shape index (κ1) is 23.7. The number of H-pyrrole nitrogens is 2. The van der Waals surface area contributed by atoms with Crippen LogP contribution in [0, 0.1) is 5.82 Å². The van der Waals surface area contributed by atoms with Crippen LogP contribution in [0.1, 0.15) is 36.1 Å². The topological polar surface area (TPSA) is 124 Å². The number of likely N-dealkylation sites (N-methyl/N-ethyl adjacent to an activating group) is 1. The smallest absolute Gasteiger partial charge is 0.161 e. The van der Waals surface area contributed by atoms with Gasteiger partial charge in [0, 0.05) is 36.0 Å². The molecule has 9 nitrogen and oxygen atoms in total. The van der Waals surface area contributed by atoms with Gasteiger partial charge in [0.1, 0.15) is 11.3 Å². The standard InChI is InChI=1S/C27H30FN9/c1-37(2)14-20(29)17-9-16(10-18(28)11-17)19-12-31-13-23-24(19)34-27(33-23)26-25-22(35-36-26)4-3-21(32-25)15-5-7-30-8-6-15/h3-4,9-13,15,20,30H,5-8,14,29H2,1-2H3,(H,33,34)(H,35,36). The fourth-order valence-corrected chi connectivity index (χ4v) is 5.16. The van der Waals surface area contributed by atoms with E-state index in [0.29, 0.717) is 35.1 Å². The number of aromatic nitrogens is 6. The Morgan fingerprint density at radius 2 is 1.89 bits per heavy atom. The molecule has 1 unspecified atom stereocenters.